The second kappa shape index (κ2) is 7.26. The van der Waals surface area contributed by atoms with Crippen molar-refractivity contribution in [2.75, 3.05) is 13.1 Å². The van der Waals surface area contributed by atoms with Gasteiger partial charge in [0, 0.05) is 0 Å². The number of hydrogen-bond donors (Lipinski definition) is 3. The number of nitrogens with one attached hydrogen (secondary N) is 1. The lowest BCUT2D eigenvalue weighted by Gasteiger charge is -2.12. The van der Waals surface area contributed by atoms with Gasteiger partial charge in [-0.05, 0) is 69.0 Å². The van der Waals surface area contributed by atoms with Gasteiger partial charge in [-0.3, -0.25) is 4.79 Å². The summed E-state index contributed by atoms with van der Waals surface area (Å²) in [7, 11) is 0. The molecule has 0 aliphatic heterocycles. The zero-order valence-corrected chi connectivity index (χ0v) is 12.0. The van der Waals surface area contributed by atoms with E-state index in [2.05, 4.69) is 38.2 Å². The minimum Gasteiger partial charge on any atom is -0.480 e. The third kappa shape index (κ3) is 4.65. The first kappa shape index (κ1) is 15.7. The molecule has 0 radical (unpaired) electrons. The third-order valence-corrected chi connectivity index (χ3v) is 3.69. The molecular formula is C15H24N2O2. The van der Waals surface area contributed by atoms with Gasteiger partial charge in [0.25, 0.3) is 0 Å². The molecule has 0 aromatic heterocycles. The summed E-state index contributed by atoms with van der Waals surface area (Å²) in [5, 5.41) is 11.9. The van der Waals surface area contributed by atoms with Crippen LogP contribution in [0.3, 0.4) is 0 Å². The fraction of sp³-hybridized carbons (Fsp3) is 0.533. The molecule has 0 saturated heterocycles. The van der Waals surface area contributed by atoms with Gasteiger partial charge < -0.3 is 16.2 Å². The minimum absolute atomic E-state index is 0.460. The maximum absolute atomic E-state index is 10.5. The van der Waals surface area contributed by atoms with Crippen molar-refractivity contribution in [1.29, 1.82) is 0 Å². The highest BCUT2D eigenvalue weighted by Gasteiger charge is 2.10. The van der Waals surface area contributed by atoms with Gasteiger partial charge in [-0.2, -0.15) is 0 Å². The molecule has 0 fully saturated rings. The average Bonchev–Trinajstić information content (AvgIpc) is 2.37. The van der Waals surface area contributed by atoms with Crippen LogP contribution in [0.25, 0.3) is 0 Å². The van der Waals surface area contributed by atoms with Gasteiger partial charge >= 0.3 is 5.97 Å². The molecule has 19 heavy (non-hydrogen) atoms. The summed E-state index contributed by atoms with van der Waals surface area (Å²) >= 11 is 0. The quantitative estimate of drug-likeness (QED) is 0.653. The third-order valence-electron chi connectivity index (χ3n) is 3.69. The molecule has 4 nitrogen and oxygen atoms in total. The normalized spacial score (nSPS) is 12.4. The summed E-state index contributed by atoms with van der Waals surface area (Å²) in [6.45, 7) is 7.90. The number of carboxylic acids is 1. The number of aryl methyl sites for hydroxylation is 1. The van der Waals surface area contributed by atoms with Gasteiger partial charge in [0.15, 0.2) is 0 Å². The van der Waals surface area contributed by atoms with Crippen LogP contribution < -0.4 is 11.1 Å². The minimum atomic E-state index is -0.938. The van der Waals surface area contributed by atoms with E-state index >= 15 is 0 Å². The Kier molecular flexibility index (Phi) is 5.99. The van der Waals surface area contributed by atoms with Crippen molar-refractivity contribution < 1.29 is 9.90 Å². The van der Waals surface area contributed by atoms with Crippen molar-refractivity contribution in [3.05, 3.63) is 34.4 Å². The van der Waals surface area contributed by atoms with Crippen molar-refractivity contribution >= 4 is 5.97 Å². The predicted molar refractivity (Wildman–Crippen MR) is 77.5 cm³/mol. The molecule has 0 saturated carbocycles. The molecule has 4 N–H and O–H groups in total. The monoisotopic (exact) mass is 264 g/mol. The highest BCUT2D eigenvalue weighted by Crippen LogP contribution is 2.17. The van der Waals surface area contributed by atoms with Crippen LogP contribution in [0.15, 0.2) is 12.1 Å². The molecule has 1 atom stereocenters. The van der Waals surface area contributed by atoms with E-state index in [0.717, 1.165) is 13.0 Å². The van der Waals surface area contributed by atoms with Crippen LogP contribution in [0.1, 0.15) is 28.7 Å². The molecule has 0 aliphatic carbocycles. The first-order valence-corrected chi connectivity index (χ1v) is 6.68. The van der Waals surface area contributed by atoms with Crippen LogP contribution in [0, 0.1) is 20.8 Å². The molecule has 0 heterocycles. The molecule has 0 amide bonds. The lowest BCUT2D eigenvalue weighted by molar-refractivity contribution is -0.138. The lowest BCUT2D eigenvalue weighted by Crippen LogP contribution is -2.34. The fourth-order valence-corrected chi connectivity index (χ4v) is 2.01. The lowest BCUT2D eigenvalue weighted by atomic mass is 9.97. The molecule has 0 aliphatic rings. The van der Waals surface area contributed by atoms with Crippen molar-refractivity contribution in [3.63, 3.8) is 0 Å². The average molecular weight is 264 g/mol. The zero-order valence-electron chi connectivity index (χ0n) is 12.0. The number of carboxylic acid groups (broad SMARTS) is 1. The summed E-state index contributed by atoms with van der Waals surface area (Å²) in [5.74, 6) is -0.938. The molecule has 1 aromatic carbocycles. The van der Waals surface area contributed by atoms with Gasteiger partial charge in [-0.15, -0.1) is 0 Å². The van der Waals surface area contributed by atoms with Crippen LogP contribution in [-0.2, 0) is 11.2 Å². The predicted octanol–water partition coefficient (Wildman–Crippen LogP) is 1.55. The van der Waals surface area contributed by atoms with Crippen LogP contribution in [-0.4, -0.2) is 30.2 Å². The van der Waals surface area contributed by atoms with Crippen LogP contribution >= 0.6 is 0 Å². The highest BCUT2D eigenvalue weighted by atomic mass is 16.4. The van der Waals surface area contributed by atoms with E-state index in [-0.39, 0.29) is 0 Å². The molecule has 0 spiro atoms. The first-order chi connectivity index (χ1) is 8.93. The van der Waals surface area contributed by atoms with E-state index in [9.17, 15) is 4.79 Å². The van der Waals surface area contributed by atoms with E-state index in [0.29, 0.717) is 13.0 Å². The SMILES string of the molecule is Cc1ccc(CCNCCC(N)C(=O)O)c(C)c1C. The van der Waals surface area contributed by atoms with Crippen LogP contribution in [0.4, 0.5) is 0 Å². The molecular weight excluding hydrogens is 240 g/mol. The fourth-order valence-electron chi connectivity index (χ4n) is 2.01. The molecule has 1 rings (SSSR count). The Morgan fingerprint density at radius 2 is 1.95 bits per heavy atom. The van der Waals surface area contributed by atoms with Crippen molar-refractivity contribution in [2.45, 2.75) is 39.7 Å². The van der Waals surface area contributed by atoms with E-state index in [4.69, 9.17) is 10.8 Å². The molecule has 106 valence electrons. The summed E-state index contributed by atoms with van der Waals surface area (Å²) < 4.78 is 0. The topological polar surface area (TPSA) is 75.3 Å². The number of rotatable bonds is 7. The standard InChI is InChI=1S/C15H24N2O2/c1-10-4-5-13(12(3)11(10)2)6-8-17-9-7-14(16)15(18)19/h4-5,14,17H,6-9,16H2,1-3H3,(H,18,19). The second-order valence-electron chi connectivity index (χ2n) is 5.02. The number of nitrogens with two attached hydrogens (primary N) is 1. The van der Waals surface area contributed by atoms with E-state index < -0.39 is 12.0 Å². The first-order valence-electron chi connectivity index (χ1n) is 6.68. The maximum atomic E-state index is 10.5. The second-order valence-corrected chi connectivity index (χ2v) is 5.02. The number of aliphatic carboxylic acids is 1. The largest absolute Gasteiger partial charge is 0.480 e. The Morgan fingerprint density at radius 3 is 2.58 bits per heavy atom. The molecule has 1 aromatic rings. The highest BCUT2D eigenvalue weighted by molar-refractivity contribution is 5.72. The van der Waals surface area contributed by atoms with Gasteiger partial charge in [-0.1, -0.05) is 12.1 Å². The van der Waals surface area contributed by atoms with Crippen LogP contribution in [0.2, 0.25) is 0 Å². The summed E-state index contributed by atoms with van der Waals surface area (Å²) in [6.07, 6.45) is 1.41. The number of hydrogen-bond acceptors (Lipinski definition) is 3. The van der Waals surface area contributed by atoms with Gasteiger partial charge in [0.05, 0.1) is 0 Å². The van der Waals surface area contributed by atoms with Crippen molar-refractivity contribution in [1.82, 2.24) is 5.32 Å². The van der Waals surface area contributed by atoms with Gasteiger partial charge in [-0.25, -0.2) is 0 Å². The number of carbonyl (C=O) groups is 1. The van der Waals surface area contributed by atoms with Crippen molar-refractivity contribution in [3.8, 4) is 0 Å². The summed E-state index contributed by atoms with van der Waals surface area (Å²) in [5.41, 5.74) is 10.8. The summed E-state index contributed by atoms with van der Waals surface area (Å²) in [4.78, 5) is 10.5. The Hall–Kier alpha value is -1.39. The Balaban J connectivity index is 2.34. The molecule has 0 bridgehead atoms. The Labute approximate surface area is 115 Å². The molecule has 1 unspecified atom stereocenters. The van der Waals surface area contributed by atoms with E-state index in [1.54, 1.807) is 0 Å². The van der Waals surface area contributed by atoms with Crippen LogP contribution in [0.5, 0.6) is 0 Å². The Bertz CT molecular complexity index is 444. The maximum Gasteiger partial charge on any atom is 0.320 e. The molecule has 4 heteroatoms. The van der Waals surface area contributed by atoms with E-state index in [1.807, 2.05) is 0 Å². The van der Waals surface area contributed by atoms with Crippen molar-refractivity contribution in [2.24, 2.45) is 5.73 Å². The van der Waals surface area contributed by atoms with Gasteiger partial charge in [0.2, 0.25) is 0 Å². The Morgan fingerprint density at radius 1 is 1.26 bits per heavy atom. The van der Waals surface area contributed by atoms with E-state index in [1.165, 1.54) is 22.3 Å². The summed E-state index contributed by atoms with van der Waals surface area (Å²) in [6, 6.07) is 3.55. The smallest absolute Gasteiger partial charge is 0.320 e. The van der Waals surface area contributed by atoms with Gasteiger partial charge in [0.1, 0.15) is 6.04 Å². The number of benzene rings is 1. The zero-order chi connectivity index (χ0) is 14.4.